The summed E-state index contributed by atoms with van der Waals surface area (Å²) in [5, 5.41) is 14.9. The summed E-state index contributed by atoms with van der Waals surface area (Å²) in [5.74, 6) is 0.188. The van der Waals surface area contributed by atoms with E-state index < -0.39 is 12.9 Å². The van der Waals surface area contributed by atoms with E-state index in [0.29, 0.717) is 28.5 Å². The van der Waals surface area contributed by atoms with E-state index in [4.69, 9.17) is 25.8 Å². The fraction of sp³-hybridized carbons (Fsp3) is 0.500. The maximum Gasteiger partial charge on any atom is 0.511 e. The lowest BCUT2D eigenvalue weighted by atomic mass is 9.86. The van der Waals surface area contributed by atoms with Gasteiger partial charge < -0.3 is 14.2 Å². The molecule has 1 aromatic carbocycles. The van der Waals surface area contributed by atoms with Crippen molar-refractivity contribution in [2.75, 3.05) is 6.79 Å². The number of aryl methyl sites for hydroxylation is 2. The number of nitriles is 1. The Labute approximate surface area is 207 Å². The van der Waals surface area contributed by atoms with Gasteiger partial charge in [-0.1, -0.05) is 70.0 Å². The van der Waals surface area contributed by atoms with Crippen LogP contribution in [0.15, 0.2) is 24.3 Å². The van der Waals surface area contributed by atoms with Crippen molar-refractivity contribution in [3.63, 3.8) is 0 Å². The zero-order valence-corrected chi connectivity index (χ0v) is 21.8. The quantitative estimate of drug-likeness (QED) is 0.166. The van der Waals surface area contributed by atoms with Crippen LogP contribution < -0.4 is 0 Å². The first-order valence-corrected chi connectivity index (χ1v) is 11.9. The summed E-state index contributed by atoms with van der Waals surface area (Å²) in [4.78, 5) is 12.0. The highest BCUT2D eigenvalue weighted by atomic mass is 35.5. The van der Waals surface area contributed by atoms with Crippen LogP contribution in [0.2, 0.25) is 5.02 Å². The van der Waals surface area contributed by atoms with Gasteiger partial charge in [0, 0.05) is 6.54 Å². The smallest absolute Gasteiger partial charge is 0.453 e. The Balaban J connectivity index is 2.45. The van der Waals surface area contributed by atoms with E-state index in [2.05, 4.69) is 31.9 Å². The lowest BCUT2D eigenvalue weighted by Gasteiger charge is -2.19. The molecule has 0 aliphatic rings. The van der Waals surface area contributed by atoms with Crippen molar-refractivity contribution in [3.8, 4) is 6.07 Å². The van der Waals surface area contributed by atoms with E-state index in [-0.39, 0.29) is 22.9 Å². The number of carbonyl (C=O) groups excluding carboxylic acids is 1. The number of benzene rings is 1. The summed E-state index contributed by atoms with van der Waals surface area (Å²) in [6.45, 7) is 13.9. The topological polar surface area (TPSA) is 86.4 Å². The molecule has 34 heavy (non-hydrogen) atoms. The highest BCUT2D eigenvalue weighted by Crippen LogP contribution is 2.34. The van der Waals surface area contributed by atoms with Gasteiger partial charge in [0.2, 0.25) is 6.79 Å². The molecule has 0 N–H and O–H groups in total. The molecule has 0 bridgehead atoms. The second-order valence-electron chi connectivity index (χ2n) is 9.08. The normalized spacial score (nSPS) is 13.0. The van der Waals surface area contributed by atoms with Crippen LogP contribution >= 0.6 is 11.6 Å². The summed E-state index contributed by atoms with van der Waals surface area (Å²) >= 11 is 6.57. The number of hydrogen-bond donors (Lipinski definition) is 0. The first-order chi connectivity index (χ1) is 16.0. The van der Waals surface area contributed by atoms with Gasteiger partial charge in [0.05, 0.1) is 10.7 Å². The van der Waals surface area contributed by atoms with Gasteiger partial charge in [0.1, 0.15) is 23.4 Å². The molecule has 0 fully saturated rings. The summed E-state index contributed by atoms with van der Waals surface area (Å²) in [7, 11) is 0. The molecule has 0 aliphatic carbocycles. The molecule has 1 unspecified atom stereocenters. The highest BCUT2D eigenvalue weighted by Gasteiger charge is 2.24. The van der Waals surface area contributed by atoms with Crippen LogP contribution in [0, 0.1) is 18.3 Å². The average molecular weight is 488 g/mol. The molecule has 0 radical (unpaired) electrons. The van der Waals surface area contributed by atoms with Gasteiger partial charge in [0.25, 0.3) is 0 Å². The van der Waals surface area contributed by atoms with Crippen LogP contribution in [0.5, 0.6) is 0 Å². The summed E-state index contributed by atoms with van der Waals surface area (Å²) < 4.78 is 17.9. The van der Waals surface area contributed by atoms with Crippen molar-refractivity contribution in [1.82, 2.24) is 9.78 Å². The van der Waals surface area contributed by atoms with Crippen molar-refractivity contribution in [1.29, 1.82) is 5.26 Å². The number of aromatic nitrogens is 2. The molecule has 0 amide bonds. The Bertz CT molecular complexity index is 1060. The Kier molecular flexibility index (Phi) is 9.57. The molecule has 2 aromatic rings. The lowest BCUT2D eigenvalue weighted by Crippen LogP contribution is -2.17. The van der Waals surface area contributed by atoms with Crippen LogP contribution in [0.3, 0.4) is 0 Å². The Morgan fingerprint density at radius 1 is 1.21 bits per heavy atom. The van der Waals surface area contributed by atoms with Crippen molar-refractivity contribution in [3.05, 3.63) is 51.8 Å². The van der Waals surface area contributed by atoms with Crippen molar-refractivity contribution >= 4 is 29.1 Å². The second kappa shape index (κ2) is 11.9. The van der Waals surface area contributed by atoms with Gasteiger partial charge in [-0.25, -0.2) is 4.79 Å². The van der Waals surface area contributed by atoms with Gasteiger partial charge in [-0.15, -0.1) is 0 Å². The number of halogens is 1. The first kappa shape index (κ1) is 27.3. The summed E-state index contributed by atoms with van der Waals surface area (Å²) in [6, 6.07) is 9.94. The number of rotatable bonds is 9. The van der Waals surface area contributed by atoms with Crippen LogP contribution in [-0.4, -0.2) is 28.8 Å². The minimum atomic E-state index is -0.834. The molecule has 2 rings (SSSR count). The average Bonchev–Trinajstić information content (AvgIpc) is 3.06. The third kappa shape index (κ3) is 6.77. The predicted molar refractivity (Wildman–Crippen MR) is 133 cm³/mol. The van der Waals surface area contributed by atoms with Crippen LogP contribution in [0.4, 0.5) is 4.79 Å². The third-order valence-electron chi connectivity index (χ3n) is 5.32. The number of hydrogen-bond acceptors (Lipinski definition) is 6. The van der Waals surface area contributed by atoms with Gasteiger partial charge in [-0.05, 0) is 43.7 Å². The zero-order valence-electron chi connectivity index (χ0n) is 21.1. The van der Waals surface area contributed by atoms with Crippen LogP contribution in [0.25, 0.3) is 11.3 Å². The molecule has 1 aromatic heterocycles. The summed E-state index contributed by atoms with van der Waals surface area (Å²) in [5.41, 5.74) is 3.08. The third-order valence-corrected chi connectivity index (χ3v) is 5.77. The lowest BCUT2D eigenvalue weighted by molar-refractivity contribution is -0.0215. The van der Waals surface area contributed by atoms with Crippen molar-refractivity contribution in [2.45, 2.75) is 79.4 Å². The van der Waals surface area contributed by atoms with E-state index in [0.717, 1.165) is 18.4 Å². The van der Waals surface area contributed by atoms with E-state index in [9.17, 15) is 10.1 Å². The fourth-order valence-electron chi connectivity index (χ4n) is 3.45. The molecule has 0 spiro atoms. The molecule has 184 valence electrons. The Hall–Kier alpha value is -2.98. The summed E-state index contributed by atoms with van der Waals surface area (Å²) in [6.07, 6.45) is 0.521. The number of nitrogens with zero attached hydrogens (tertiary/aromatic N) is 3. The highest BCUT2D eigenvalue weighted by molar-refractivity contribution is 6.33. The number of ether oxygens (including phenoxy) is 3. The Morgan fingerprint density at radius 3 is 2.38 bits per heavy atom. The van der Waals surface area contributed by atoms with Gasteiger partial charge in [-0.3, -0.25) is 4.68 Å². The first-order valence-electron chi connectivity index (χ1n) is 11.5. The van der Waals surface area contributed by atoms with Crippen molar-refractivity contribution in [2.24, 2.45) is 0 Å². The minimum Gasteiger partial charge on any atom is -0.453 e. The standard InChI is InChI=1S/C26H34ClN3O4/c1-8-10-17(3)34-25(31)33-16-32-24(23-22(27)18(4)29-30(23)9-2)21(15-28)19-11-13-20(14-12-19)26(5,6)7/h11-14,17H,8-10,16H2,1-7H3/b24-21-. The maximum atomic E-state index is 12.0. The number of carbonyl (C=O) groups is 1. The van der Waals surface area contributed by atoms with E-state index >= 15 is 0 Å². The molecule has 0 saturated heterocycles. The van der Waals surface area contributed by atoms with Gasteiger partial charge in [-0.2, -0.15) is 10.4 Å². The van der Waals surface area contributed by atoms with Gasteiger partial charge >= 0.3 is 6.16 Å². The monoisotopic (exact) mass is 487 g/mol. The largest absolute Gasteiger partial charge is 0.511 e. The van der Waals surface area contributed by atoms with Gasteiger partial charge in [0.15, 0.2) is 5.76 Å². The second-order valence-corrected chi connectivity index (χ2v) is 9.46. The van der Waals surface area contributed by atoms with E-state index in [1.165, 1.54) is 0 Å². The predicted octanol–water partition coefficient (Wildman–Crippen LogP) is 6.87. The molecule has 1 heterocycles. The van der Waals surface area contributed by atoms with E-state index in [1.54, 1.807) is 18.5 Å². The number of allylic oxidation sites excluding steroid dienone is 1. The zero-order chi connectivity index (χ0) is 25.5. The van der Waals surface area contributed by atoms with E-state index in [1.807, 2.05) is 38.1 Å². The Morgan fingerprint density at radius 2 is 1.85 bits per heavy atom. The van der Waals surface area contributed by atoms with Crippen LogP contribution in [0.1, 0.15) is 76.9 Å². The molecular formula is C26H34ClN3O4. The fourth-order valence-corrected chi connectivity index (χ4v) is 3.67. The SMILES string of the molecule is CCCC(C)OC(=O)OCO/C(=C(/C#N)c1ccc(C(C)(C)C)cc1)c1c(Cl)c(C)nn1CC. The molecule has 0 aliphatic heterocycles. The van der Waals surface area contributed by atoms with Crippen LogP contribution in [-0.2, 0) is 26.2 Å². The molecular weight excluding hydrogens is 454 g/mol. The molecule has 0 saturated carbocycles. The molecule has 1 atom stereocenters. The minimum absolute atomic E-state index is 0.0290. The van der Waals surface area contributed by atoms with Crippen molar-refractivity contribution < 1.29 is 19.0 Å². The maximum absolute atomic E-state index is 12.0. The molecule has 7 nitrogen and oxygen atoms in total. The molecule has 8 heteroatoms.